The number of likely N-dealkylation sites (tertiary alicyclic amines) is 1. The van der Waals surface area contributed by atoms with Crippen molar-refractivity contribution in [1.82, 2.24) is 15.2 Å². The third-order valence-corrected chi connectivity index (χ3v) is 5.66. The maximum absolute atomic E-state index is 13.0. The first-order chi connectivity index (χ1) is 13.5. The van der Waals surface area contributed by atoms with Gasteiger partial charge in [-0.25, -0.2) is 4.98 Å². The van der Waals surface area contributed by atoms with Crippen LogP contribution in [0.15, 0.2) is 42.5 Å². The number of rotatable bonds is 4. The van der Waals surface area contributed by atoms with Crippen LogP contribution in [0.25, 0.3) is 11.3 Å². The van der Waals surface area contributed by atoms with E-state index in [2.05, 4.69) is 10.3 Å². The summed E-state index contributed by atoms with van der Waals surface area (Å²) in [6, 6.07) is 14.6. The fourth-order valence-corrected chi connectivity index (χ4v) is 3.80. The quantitative estimate of drug-likeness (QED) is 0.889. The molecule has 2 heterocycles. The lowest BCUT2D eigenvalue weighted by atomic mass is 9.75. The van der Waals surface area contributed by atoms with Crippen LogP contribution in [0, 0.1) is 16.7 Å². The second-order valence-corrected chi connectivity index (χ2v) is 7.11. The van der Waals surface area contributed by atoms with Crippen LogP contribution in [-0.2, 0) is 4.79 Å². The monoisotopic (exact) mass is 376 g/mol. The number of nitrogens with one attached hydrogen (secondary N) is 1. The Morgan fingerprint density at radius 1 is 1.21 bits per heavy atom. The van der Waals surface area contributed by atoms with Crippen LogP contribution in [0.4, 0.5) is 0 Å². The van der Waals surface area contributed by atoms with Crippen molar-refractivity contribution in [2.24, 2.45) is 5.41 Å². The first-order valence-corrected chi connectivity index (χ1v) is 9.52. The average molecular weight is 376 g/mol. The summed E-state index contributed by atoms with van der Waals surface area (Å²) in [6.07, 6.45) is 2.10. The van der Waals surface area contributed by atoms with Gasteiger partial charge in [-0.2, -0.15) is 5.26 Å². The topological polar surface area (TPSA) is 86.1 Å². The largest absolute Gasteiger partial charge is 0.359 e. The first-order valence-electron chi connectivity index (χ1n) is 9.52. The molecule has 0 saturated carbocycles. The molecule has 0 atom stereocenters. The number of nitriles is 1. The fraction of sp³-hybridized carbons (Fsp3) is 0.364. The standard InChI is InChI=1S/C22H24N4O2/c1-3-22(21(28)24-2)10-12-26(13-11-22)20(27)17-7-4-6-16(14-17)19-9-5-8-18(15-23)25-19/h4-9,14H,3,10-13H2,1-2H3,(H,24,28). The lowest BCUT2D eigenvalue weighted by Crippen LogP contribution is -2.49. The fourth-order valence-electron chi connectivity index (χ4n) is 3.80. The van der Waals surface area contributed by atoms with Gasteiger partial charge in [0.05, 0.1) is 11.1 Å². The van der Waals surface area contributed by atoms with Crippen LogP contribution < -0.4 is 5.32 Å². The van der Waals surface area contributed by atoms with E-state index in [-0.39, 0.29) is 17.2 Å². The van der Waals surface area contributed by atoms with Crippen molar-refractivity contribution < 1.29 is 9.59 Å². The van der Waals surface area contributed by atoms with Gasteiger partial charge >= 0.3 is 0 Å². The molecule has 1 aromatic heterocycles. The zero-order valence-corrected chi connectivity index (χ0v) is 16.2. The maximum atomic E-state index is 13.0. The zero-order chi connectivity index (χ0) is 20.1. The highest BCUT2D eigenvalue weighted by Crippen LogP contribution is 2.35. The number of benzene rings is 1. The Bertz CT molecular complexity index is 924. The summed E-state index contributed by atoms with van der Waals surface area (Å²) in [5, 5.41) is 11.8. The van der Waals surface area contributed by atoms with Crippen molar-refractivity contribution in [2.45, 2.75) is 26.2 Å². The minimum absolute atomic E-state index is 0.0418. The third-order valence-electron chi connectivity index (χ3n) is 5.66. The van der Waals surface area contributed by atoms with Crippen LogP contribution in [0.2, 0.25) is 0 Å². The van der Waals surface area contributed by atoms with Crippen molar-refractivity contribution in [3.63, 3.8) is 0 Å². The van der Waals surface area contributed by atoms with E-state index < -0.39 is 0 Å². The number of carbonyl (C=O) groups excluding carboxylic acids is 2. The first kappa shape index (κ1) is 19.6. The van der Waals surface area contributed by atoms with Gasteiger partial charge in [0, 0.05) is 31.3 Å². The van der Waals surface area contributed by atoms with Crippen LogP contribution in [-0.4, -0.2) is 41.8 Å². The number of pyridine rings is 1. The highest BCUT2D eigenvalue weighted by atomic mass is 16.2. The number of aromatic nitrogens is 1. The van der Waals surface area contributed by atoms with Gasteiger partial charge in [-0.05, 0) is 43.5 Å². The number of carbonyl (C=O) groups is 2. The van der Waals surface area contributed by atoms with Gasteiger partial charge in [-0.1, -0.05) is 25.1 Å². The van der Waals surface area contributed by atoms with Crippen LogP contribution in [0.5, 0.6) is 0 Å². The van der Waals surface area contributed by atoms with E-state index in [0.29, 0.717) is 42.9 Å². The molecule has 3 rings (SSSR count). The van der Waals surface area contributed by atoms with E-state index in [0.717, 1.165) is 12.0 Å². The third kappa shape index (κ3) is 3.74. The molecule has 0 radical (unpaired) electrons. The van der Waals surface area contributed by atoms with E-state index in [9.17, 15) is 9.59 Å². The molecule has 6 nitrogen and oxygen atoms in total. The summed E-state index contributed by atoms with van der Waals surface area (Å²) in [4.78, 5) is 31.4. The molecule has 0 bridgehead atoms. The number of hydrogen-bond acceptors (Lipinski definition) is 4. The van der Waals surface area contributed by atoms with Gasteiger partial charge in [0.2, 0.25) is 5.91 Å². The van der Waals surface area contributed by atoms with Gasteiger partial charge in [-0.3, -0.25) is 9.59 Å². The SMILES string of the molecule is CCC1(C(=O)NC)CCN(C(=O)c2cccc(-c3cccc(C#N)n3)c2)CC1. The molecular weight excluding hydrogens is 352 g/mol. The molecule has 6 heteroatoms. The molecule has 2 aromatic rings. The van der Waals surface area contributed by atoms with Crippen molar-refractivity contribution in [1.29, 1.82) is 5.26 Å². The highest BCUT2D eigenvalue weighted by molar-refractivity contribution is 5.95. The molecule has 1 saturated heterocycles. The van der Waals surface area contributed by atoms with Crippen molar-refractivity contribution in [3.05, 3.63) is 53.7 Å². The number of nitrogens with zero attached hydrogens (tertiary/aromatic N) is 3. The van der Waals surface area contributed by atoms with E-state index in [1.54, 1.807) is 25.2 Å². The van der Waals surface area contributed by atoms with Crippen LogP contribution in [0.1, 0.15) is 42.2 Å². The van der Waals surface area contributed by atoms with E-state index in [4.69, 9.17) is 5.26 Å². The van der Waals surface area contributed by atoms with Gasteiger partial charge in [0.25, 0.3) is 5.91 Å². The maximum Gasteiger partial charge on any atom is 0.253 e. The lowest BCUT2D eigenvalue weighted by Gasteiger charge is -2.40. The Morgan fingerprint density at radius 2 is 1.93 bits per heavy atom. The zero-order valence-electron chi connectivity index (χ0n) is 16.2. The molecule has 144 valence electrons. The van der Waals surface area contributed by atoms with Crippen LogP contribution >= 0.6 is 0 Å². The molecule has 1 aromatic carbocycles. The summed E-state index contributed by atoms with van der Waals surface area (Å²) in [5.74, 6) is 0.0208. The Balaban J connectivity index is 1.77. The van der Waals surface area contributed by atoms with Crippen molar-refractivity contribution in [2.75, 3.05) is 20.1 Å². The van der Waals surface area contributed by atoms with E-state index in [1.165, 1.54) is 0 Å². The number of piperidine rings is 1. The van der Waals surface area contributed by atoms with Gasteiger partial charge < -0.3 is 10.2 Å². The number of amides is 2. The summed E-state index contributed by atoms with van der Waals surface area (Å²) >= 11 is 0. The molecule has 0 unspecified atom stereocenters. The summed E-state index contributed by atoms with van der Waals surface area (Å²) in [5.41, 5.74) is 2.01. The predicted octanol–water partition coefficient (Wildman–Crippen LogP) is 3.00. The Morgan fingerprint density at radius 3 is 2.57 bits per heavy atom. The minimum Gasteiger partial charge on any atom is -0.359 e. The molecule has 0 spiro atoms. The molecule has 2 amide bonds. The minimum atomic E-state index is -0.380. The van der Waals surface area contributed by atoms with Crippen LogP contribution in [0.3, 0.4) is 0 Å². The Labute approximate surface area is 165 Å². The molecule has 1 N–H and O–H groups in total. The molecular formula is C22H24N4O2. The summed E-state index contributed by atoms with van der Waals surface area (Å²) < 4.78 is 0. The molecule has 1 aliphatic rings. The normalized spacial score (nSPS) is 15.5. The Hall–Kier alpha value is -3.20. The summed E-state index contributed by atoms with van der Waals surface area (Å²) in [6.45, 7) is 3.15. The van der Waals surface area contributed by atoms with Crippen molar-refractivity contribution >= 4 is 11.8 Å². The average Bonchev–Trinajstić information content (AvgIpc) is 2.78. The number of hydrogen-bond donors (Lipinski definition) is 1. The van der Waals surface area contributed by atoms with Gasteiger partial charge in [-0.15, -0.1) is 0 Å². The second-order valence-electron chi connectivity index (χ2n) is 7.11. The Kier molecular flexibility index (Phi) is 5.74. The van der Waals surface area contributed by atoms with Crippen molar-refractivity contribution in [3.8, 4) is 17.3 Å². The van der Waals surface area contributed by atoms with Gasteiger partial charge in [0.1, 0.15) is 11.8 Å². The molecule has 28 heavy (non-hydrogen) atoms. The predicted molar refractivity (Wildman–Crippen MR) is 106 cm³/mol. The van der Waals surface area contributed by atoms with E-state index >= 15 is 0 Å². The molecule has 0 aliphatic carbocycles. The van der Waals surface area contributed by atoms with Gasteiger partial charge in [0.15, 0.2) is 0 Å². The second kappa shape index (κ2) is 8.22. The molecule has 1 aliphatic heterocycles. The smallest absolute Gasteiger partial charge is 0.253 e. The summed E-state index contributed by atoms with van der Waals surface area (Å²) in [7, 11) is 1.66. The highest BCUT2D eigenvalue weighted by Gasteiger charge is 2.40. The molecule has 1 fully saturated rings. The lowest BCUT2D eigenvalue weighted by molar-refractivity contribution is -0.133. The van der Waals surface area contributed by atoms with E-state index in [1.807, 2.05) is 42.2 Å².